The second kappa shape index (κ2) is 5.89. The van der Waals surface area contributed by atoms with Crippen molar-refractivity contribution in [3.05, 3.63) is 11.3 Å². The van der Waals surface area contributed by atoms with Crippen LogP contribution in [0.4, 0.5) is 0 Å². The van der Waals surface area contributed by atoms with Crippen molar-refractivity contribution in [2.75, 3.05) is 18.6 Å². The molecule has 1 aromatic rings. The van der Waals surface area contributed by atoms with Gasteiger partial charge in [-0.1, -0.05) is 0 Å². The zero-order chi connectivity index (χ0) is 15.6. The van der Waals surface area contributed by atoms with Crippen LogP contribution in [0.25, 0.3) is 0 Å². The Morgan fingerprint density at radius 1 is 1.35 bits per heavy atom. The summed E-state index contributed by atoms with van der Waals surface area (Å²) >= 11 is 0. The average molecular weight is 325 g/mol. The minimum absolute atomic E-state index is 0.0872. The van der Waals surface area contributed by atoms with E-state index in [1.54, 1.807) is 0 Å². The first-order chi connectivity index (χ1) is 9.04. The molecule has 0 amide bonds. The van der Waals surface area contributed by atoms with Gasteiger partial charge in [0, 0.05) is 18.5 Å². The van der Waals surface area contributed by atoms with Crippen molar-refractivity contribution in [1.29, 1.82) is 0 Å². The maximum absolute atomic E-state index is 11.9. The van der Waals surface area contributed by atoms with E-state index in [1.165, 1.54) is 6.92 Å². The normalized spacial score (nSPS) is 12.5. The van der Waals surface area contributed by atoms with Crippen molar-refractivity contribution in [3.8, 4) is 0 Å². The van der Waals surface area contributed by atoms with Crippen molar-refractivity contribution < 1.29 is 26.7 Å². The van der Waals surface area contributed by atoms with Crippen LogP contribution in [0.15, 0.2) is 5.03 Å². The first-order valence-electron chi connectivity index (χ1n) is 5.50. The lowest BCUT2D eigenvalue weighted by Crippen LogP contribution is -2.27. The minimum Gasteiger partial charge on any atom is -0.478 e. The van der Waals surface area contributed by atoms with Crippen LogP contribution < -0.4 is 4.72 Å². The highest BCUT2D eigenvalue weighted by Crippen LogP contribution is 2.15. The number of nitrogens with zero attached hydrogens (tertiary/aromatic N) is 1. The Kier molecular flexibility index (Phi) is 4.89. The highest BCUT2D eigenvalue weighted by molar-refractivity contribution is 7.90. The van der Waals surface area contributed by atoms with Crippen LogP contribution in [0.2, 0.25) is 0 Å². The fraction of sp³-hybridized carbons (Fsp3) is 0.556. The van der Waals surface area contributed by atoms with Gasteiger partial charge in [-0.25, -0.2) is 26.4 Å². The number of aryl methyl sites for hydroxylation is 1. The zero-order valence-corrected chi connectivity index (χ0v) is 12.5. The number of nitrogens with one attached hydrogen (secondary N) is 2. The molecule has 0 fully saturated rings. The van der Waals surface area contributed by atoms with Crippen molar-refractivity contribution in [2.24, 2.45) is 0 Å². The Morgan fingerprint density at radius 2 is 1.95 bits per heavy atom. The number of aromatic amines is 1. The summed E-state index contributed by atoms with van der Waals surface area (Å²) < 4.78 is 47.7. The number of hydrogen-bond donors (Lipinski definition) is 3. The second-order valence-electron chi connectivity index (χ2n) is 4.22. The highest BCUT2D eigenvalue weighted by Gasteiger charge is 2.27. The van der Waals surface area contributed by atoms with Crippen LogP contribution in [-0.2, 0) is 19.9 Å². The molecular formula is C9H15N3O6S2. The quantitative estimate of drug-likeness (QED) is 0.552. The van der Waals surface area contributed by atoms with Crippen LogP contribution in [0.3, 0.4) is 0 Å². The van der Waals surface area contributed by atoms with Crippen LogP contribution in [0.5, 0.6) is 0 Å². The van der Waals surface area contributed by atoms with Gasteiger partial charge >= 0.3 is 5.97 Å². The average Bonchev–Trinajstić information content (AvgIpc) is 2.66. The van der Waals surface area contributed by atoms with Crippen molar-refractivity contribution in [2.45, 2.75) is 18.4 Å². The van der Waals surface area contributed by atoms with Gasteiger partial charge in [0.2, 0.25) is 5.03 Å². The number of H-pyrrole nitrogens is 1. The van der Waals surface area contributed by atoms with Gasteiger partial charge in [-0.2, -0.15) is 5.10 Å². The molecule has 11 heteroatoms. The number of hydrogen-bond acceptors (Lipinski definition) is 6. The molecule has 20 heavy (non-hydrogen) atoms. The number of carboxylic acids is 1. The maximum Gasteiger partial charge on any atom is 0.340 e. The third kappa shape index (κ3) is 4.28. The molecular weight excluding hydrogens is 310 g/mol. The molecule has 0 saturated carbocycles. The molecule has 0 bridgehead atoms. The van der Waals surface area contributed by atoms with E-state index in [-0.39, 0.29) is 24.4 Å². The molecule has 1 aromatic heterocycles. The molecule has 1 heterocycles. The minimum atomic E-state index is -4.10. The van der Waals surface area contributed by atoms with Crippen LogP contribution >= 0.6 is 0 Å². The predicted molar refractivity (Wildman–Crippen MR) is 69.8 cm³/mol. The van der Waals surface area contributed by atoms with Crippen molar-refractivity contribution >= 4 is 25.8 Å². The Labute approximate surface area is 116 Å². The van der Waals surface area contributed by atoms with Crippen molar-refractivity contribution in [3.63, 3.8) is 0 Å². The van der Waals surface area contributed by atoms with E-state index in [0.717, 1.165) is 6.26 Å². The summed E-state index contributed by atoms with van der Waals surface area (Å²) in [5, 5.41) is 14.1. The van der Waals surface area contributed by atoms with E-state index in [1.807, 2.05) is 0 Å². The molecule has 0 aliphatic carbocycles. The SMILES string of the molecule is Cc1[nH]nc(S(=O)(=O)NCCCS(C)(=O)=O)c1C(=O)O. The van der Waals surface area contributed by atoms with Gasteiger partial charge in [-0.05, 0) is 13.3 Å². The van der Waals surface area contributed by atoms with Gasteiger partial charge in [0.1, 0.15) is 15.4 Å². The summed E-state index contributed by atoms with van der Waals surface area (Å²) in [6, 6.07) is 0. The standard InChI is InChI=1S/C9H15N3O6S2/c1-6-7(9(13)14)8(12-11-6)20(17,18)10-4-3-5-19(2,15)16/h10H,3-5H2,1-2H3,(H,11,12)(H,13,14). The monoisotopic (exact) mass is 325 g/mol. The first-order valence-corrected chi connectivity index (χ1v) is 9.04. The number of aromatic nitrogens is 2. The number of sulfonamides is 1. The van der Waals surface area contributed by atoms with Crippen molar-refractivity contribution in [1.82, 2.24) is 14.9 Å². The summed E-state index contributed by atoms with van der Waals surface area (Å²) in [6.07, 6.45) is 1.13. The topological polar surface area (TPSA) is 146 Å². The summed E-state index contributed by atoms with van der Waals surface area (Å²) in [6.45, 7) is 1.26. The van der Waals surface area contributed by atoms with Gasteiger partial charge in [0.15, 0.2) is 0 Å². The molecule has 0 aliphatic heterocycles. The Morgan fingerprint density at radius 3 is 2.45 bits per heavy atom. The molecule has 0 spiro atoms. The first kappa shape index (κ1) is 16.6. The van der Waals surface area contributed by atoms with Gasteiger partial charge in [-0.3, -0.25) is 5.10 Å². The van der Waals surface area contributed by atoms with Gasteiger partial charge in [-0.15, -0.1) is 0 Å². The molecule has 0 aliphatic rings. The molecule has 0 radical (unpaired) electrons. The van der Waals surface area contributed by atoms with E-state index >= 15 is 0 Å². The number of carbonyl (C=O) groups is 1. The Hall–Kier alpha value is -1.46. The lowest BCUT2D eigenvalue weighted by atomic mass is 10.3. The summed E-state index contributed by atoms with van der Waals surface area (Å²) in [5.41, 5.74) is -0.311. The largest absolute Gasteiger partial charge is 0.478 e. The highest BCUT2D eigenvalue weighted by atomic mass is 32.2. The molecule has 9 nitrogen and oxygen atoms in total. The van der Waals surface area contributed by atoms with E-state index in [2.05, 4.69) is 14.9 Å². The number of rotatable bonds is 7. The number of aromatic carboxylic acids is 1. The number of sulfone groups is 1. The zero-order valence-electron chi connectivity index (χ0n) is 10.9. The Bertz CT molecular complexity index is 704. The molecule has 0 aromatic carbocycles. The lowest BCUT2D eigenvalue weighted by Gasteiger charge is -2.04. The third-order valence-corrected chi connectivity index (χ3v) is 4.79. The predicted octanol–water partition coefficient (Wildman–Crippen LogP) is -0.871. The maximum atomic E-state index is 11.9. The molecule has 1 rings (SSSR count). The molecule has 0 atom stereocenters. The molecule has 0 unspecified atom stereocenters. The van der Waals surface area contributed by atoms with E-state index in [9.17, 15) is 21.6 Å². The second-order valence-corrected chi connectivity index (χ2v) is 8.16. The van der Waals surface area contributed by atoms with E-state index in [0.29, 0.717) is 0 Å². The third-order valence-electron chi connectivity index (χ3n) is 2.37. The van der Waals surface area contributed by atoms with Gasteiger partial charge in [0.25, 0.3) is 10.0 Å². The number of carboxylic acid groups (broad SMARTS) is 1. The summed E-state index contributed by atoms with van der Waals surface area (Å²) in [4.78, 5) is 11.0. The van der Waals surface area contributed by atoms with Crippen LogP contribution in [0, 0.1) is 6.92 Å². The fourth-order valence-corrected chi connectivity index (χ4v) is 3.36. The molecule has 114 valence electrons. The Balaban J connectivity index is 2.83. The van der Waals surface area contributed by atoms with Gasteiger partial charge < -0.3 is 5.11 Å². The van der Waals surface area contributed by atoms with E-state index in [4.69, 9.17) is 5.11 Å². The lowest BCUT2D eigenvalue weighted by molar-refractivity contribution is 0.0692. The smallest absolute Gasteiger partial charge is 0.340 e. The summed E-state index contributed by atoms with van der Waals surface area (Å²) in [7, 11) is -7.28. The molecule has 3 N–H and O–H groups in total. The van der Waals surface area contributed by atoms with E-state index < -0.39 is 36.4 Å². The van der Waals surface area contributed by atoms with Crippen LogP contribution in [0.1, 0.15) is 22.5 Å². The summed E-state index contributed by atoms with van der Waals surface area (Å²) in [5.74, 6) is -1.58. The molecule has 0 saturated heterocycles. The van der Waals surface area contributed by atoms with Gasteiger partial charge in [0.05, 0.1) is 5.75 Å². The van der Waals surface area contributed by atoms with Crippen LogP contribution in [-0.4, -0.2) is 56.7 Å². The fourth-order valence-electron chi connectivity index (χ4n) is 1.46.